The molecule has 0 aromatic rings. The summed E-state index contributed by atoms with van der Waals surface area (Å²) in [6.45, 7) is 8.73. The molecule has 0 fully saturated rings. The van der Waals surface area contributed by atoms with Crippen LogP contribution in [0.3, 0.4) is 0 Å². The number of hydrazine groups is 1. The lowest BCUT2D eigenvalue weighted by atomic mass is 10.1. The second kappa shape index (κ2) is 6.79. The number of hydrogen-bond donors (Lipinski definition) is 2. The molecule has 0 aromatic carbocycles. The fourth-order valence-corrected chi connectivity index (χ4v) is 1.08. The molecule has 0 saturated carbocycles. The third-order valence-corrected chi connectivity index (χ3v) is 2.00. The number of hydrogen-bond acceptors (Lipinski definition) is 3. The van der Waals surface area contributed by atoms with Crippen molar-refractivity contribution in [1.29, 1.82) is 0 Å². The summed E-state index contributed by atoms with van der Waals surface area (Å²) in [5.74, 6) is 5.55. The van der Waals surface area contributed by atoms with Gasteiger partial charge in [-0.15, -0.1) is 0 Å². The first-order valence-electron chi connectivity index (χ1n) is 5.11. The smallest absolute Gasteiger partial charge is 0.263 e. The van der Waals surface area contributed by atoms with Crippen LogP contribution in [0.1, 0.15) is 34.1 Å². The van der Waals surface area contributed by atoms with Gasteiger partial charge in [0.1, 0.15) is 6.10 Å². The lowest BCUT2D eigenvalue weighted by molar-refractivity contribution is -0.136. The molecule has 0 saturated heterocycles. The third kappa shape index (κ3) is 5.19. The number of carbonyl (C=O) groups is 1. The zero-order chi connectivity index (χ0) is 11.1. The van der Waals surface area contributed by atoms with E-state index >= 15 is 0 Å². The average Bonchev–Trinajstić information content (AvgIpc) is 2.10. The van der Waals surface area contributed by atoms with Crippen molar-refractivity contribution in [2.75, 3.05) is 6.61 Å². The van der Waals surface area contributed by atoms with Crippen molar-refractivity contribution in [3.63, 3.8) is 0 Å². The summed E-state index contributed by atoms with van der Waals surface area (Å²) >= 11 is 0. The molecule has 0 heterocycles. The van der Waals surface area contributed by atoms with Crippen LogP contribution in [0.2, 0.25) is 0 Å². The van der Waals surface area contributed by atoms with Gasteiger partial charge in [-0.1, -0.05) is 27.7 Å². The number of rotatable bonds is 6. The van der Waals surface area contributed by atoms with Gasteiger partial charge >= 0.3 is 0 Å². The fraction of sp³-hybridized carbons (Fsp3) is 0.900. The first kappa shape index (κ1) is 13.4. The molecule has 1 atom stereocenters. The minimum Gasteiger partial charge on any atom is -0.368 e. The van der Waals surface area contributed by atoms with Gasteiger partial charge in [0.15, 0.2) is 0 Å². The van der Waals surface area contributed by atoms with E-state index in [4.69, 9.17) is 10.6 Å². The normalized spacial score (nSPS) is 13.4. The minimum atomic E-state index is -0.432. The number of carbonyl (C=O) groups excluding carboxylic acids is 1. The Balaban J connectivity index is 3.92. The van der Waals surface area contributed by atoms with Crippen LogP contribution >= 0.6 is 0 Å². The quantitative estimate of drug-likeness (QED) is 0.384. The van der Waals surface area contributed by atoms with Crippen molar-refractivity contribution in [3.05, 3.63) is 0 Å². The first-order valence-corrected chi connectivity index (χ1v) is 5.11. The number of nitrogens with one attached hydrogen (secondary N) is 1. The molecule has 0 aliphatic rings. The number of amides is 1. The van der Waals surface area contributed by atoms with Crippen molar-refractivity contribution in [2.45, 2.75) is 40.2 Å². The van der Waals surface area contributed by atoms with E-state index in [2.05, 4.69) is 19.3 Å². The molecule has 84 valence electrons. The van der Waals surface area contributed by atoms with E-state index in [1.807, 2.05) is 13.8 Å². The molecule has 3 N–H and O–H groups in total. The highest BCUT2D eigenvalue weighted by Gasteiger charge is 2.21. The van der Waals surface area contributed by atoms with Crippen LogP contribution in [0.25, 0.3) is 0 Å². The zero-order valence-electron chi connectivity index (χ0n) is 9.54. The summed E-state index contributed by atoms with van der Waals surface area (Å²) in [6.07, 6.45) is 0.528. The number of nitrogens with two attached hydrogens (primary N) is 1. The predicted molar refractivity (Wildman–Crippen MR) is 56.4 cm³/mol. The highest BCUT2D eigenvalue weighted by Crippen LogP contribution is 2.08. The second-order valence-electron chi connectivity index (χ2n) is 4.23. The van der Waals surface area contributed by atoms with Gasteiger partial charge in [-0.25, -0.2) is 5.84 Å². The summed E-state index contributed by atoms with van der Waals surface area (Å²) in [4.78, 5) is 11.3. The highest BCUT2D eigenvalue weighted by molar-refractivity contribution is 5.80. The van der Waals surface area contributed by atoms with Gasteiger partial charge in [-0.3, -0.25) is 10.2 Å². The van der Waals surface area contributed by atoms with Gasteiger partial charge < -0.3 is 4.74 Å². The van der Waals surface area contributed by atoms with E-state index in [1.54, 1.807) is 0 Å². The Hall–Kier alpha value is -0.610. The summed E-state index contributed by atoms with van der Waals surface area (Å²) < 4.78 is 5.48. The molecule has 4 nitrogen and oxygen atoms in total. The van der Waals surface area contributed by atoms with Crippen molar-refractivity contribution in [3.8, 4) is 0 Å². The van der Waals surface area contributed by atoms with Crippen LogP contribution in [0.4, 0.5) is 0 Å². The van der Waals surface area contributed by atoms with Gasteiger partial charge in [0, 0.05) is 6.61 Å². The Morgan fingerprint density at radius 1 is 1.36 bits per heavy atom. The molecule has 0 aliphatic carbocycles. The van der Waals surface area contributed by atoms with Crippen LogP contribution in [-0.2, 0) is 9.53 Å². The van der Waals surface area contributed by atoms with Gasteiger partial charge in [0.2, 0.25) is 0 Å². The standard InChI is InChI=1S/C10H22N2O2/c1-7(2)5-6-14-9(8(3)4)10(13)12-11/h7-9H,5-6,11H2,1-4H3,(H,12,13). The molecule has 1 unspecified atom stereocenters. The summed E-state index contributed by atoms with van der Waals surface area (Å²) in [6, 6.07) is 0. The van der Waals surface area contributed by atoms with E-state index < -0.39 is 6.10 Å². The summed E-state index contributed by atoms with van der Waals surface area (Å²) in [5.41, 5.74) is 2.12. The average molecular weight is 202 g/mol. The minimum absolute atomic E-state index is 0.144. The first-order chi connectivity index (χ1) is 6.49. The van der Waals surface area contributed by atoms with Crippen LogP contribution < -0.4 is 11.3 Å². The molecule has 0 aromatic heterocycles. The van der Waals surface area contributed by atoms with Gasteiger partial charge in [-0.05, 0) is 18.3 Å². The maximum atomic E-state index is 11.3. The topological polar surface area (TPSA) is 64.3 Å². The summed E-state index contributed by atoms with van der Waals surface area (Å²) in [7, 11) is 0. The molecule has 0 bridgehead atoms. The molecular weight excluding hydrogens is 180 g/mol. The van der Waals surface area contributed by atoms with Crippen LogP contribution in [-0.4, -0.2) is 18.6 Å². The molecular formula is C10H22N2O2. The van der Waals surface area contributed by atoms with E-state index in [0.29, 0.717) is 12.5 Å². The second-order valence-corrected chi connectivity index (χ2v) is 4.23. The van der Waals surface area contributed by atoms with Crippen LogP contribution in [0.5, 0.6) is 0 Å². The molecule has 0 radical (unpaired) electrons. The Bertz CT molecular complexity index is 170. The van der Waals surface area contributed by atoms with E-state index in [9.17, 15) is 4.79 Å². The molecule has 1 amide bonds. The van der Waals surface area contributed by atoms with Gasteiger partial charge in [-0.2, -0.15) is 0 Å². The van der Waals surface area contributed by atoms with E-state index in [-0.39, 0.29) is 11.8 Å². The highest BCUT2D eigenvalue weighted by atomic mass is 16.5. The van der Waals surface area contributed by atoms with Crippen LogP contribution in [0, 0.1) is 11.8 Å². The lowest BCUT2D eigenvalue weighted by Gasteiger charge is -2.20. The fourth-order valence-electron chi connectivity index (χ4n) is 1.08. The molecule has 0 rings (SSSR count). The maximum absolute atomic E-state index is 11.3. The molecule has 0 spiro atoms. The van der Waals surface area contributed by atoms with Crippen molar-refractivity contribution < 1.29 is 9.53 Å². The molecule has 14 heavy (non-hydrogen) atoms. The van der Waals surface area contributed by atoms with E-state index in [1.165, 1.54) is 0 Å². The Labute approximate surface area is 86.2 Å². The predicted octanol–water partition coefficient (Wildman–Crippen LogP) is 1.06. The van der Waals surface area contributed by atoms with Crippen molar-refractivity contribution in [2.24, 2.45) is 17.7 Å². The zero-order valence-corrected chi connectivity index (χ0v) is 9.54. The Morgan fingerprint density at radius 3 is 2.29 bits per heavy atom. The SMILES string of the molecule is CC(C)CCOC(C(=O)NN)C(C)C. The van der Waals surface area contributed by atoms with Crippen molar-refractivity contribution in [1.82, 2.24) is 5.43 Å². The van der Waals surface area contributed by atoms with Crippen molar-refractivity contribution >= 4 is 5.91 Å². The maximum Gasteiger partial charge on any atom is 0.263 e. The summed E-state index contributed by atoms with van der Waals surface area (Å²) in [5, 5.41) is 0. The van der Waals surface area contributed by atoms with E-state index in [0.717, 1.165) is 6.42 Å². The largest absolute Gasteiger partial charge is 0.368 e. The lowest BCUT2D eigenvalue weighted by Crippen LogP contribution is -2.43. The van der Waals surface area contributed by atoms with Gasteiger partial charge in [0.05, 0.1) is 0 Å². The Kier molecular flexibility index (Phi) is 6.49. The monoisotopic (exact) mass is 202 g/mol. The van der Waals surface area contributed by atoms with Crippen LogP contribution in [0.15, 0.2) is 0 Å². The van der Waals surface area contributed by atoms with Gasteiger partial charge in [0.25, 0.3) is 5.91 Å². The third-order valence-electron chi connectivity index (χ3n) is 2.00. The molecule has 4 heteroatoms. The molecule has 0 aliphatic heterocycles. The number of ether oxygens (including phenoxy) is 1. The Morgan fingerprint density at radius 2 is 1.93 bits per heavy atom.